The van der Waals surface area contributed by atoms with E-state index < -0.39 is 21.7 Å². The Hall–Kier alpha value is -1.05. The molecule has 1 saturated heterocycles. The van der Waals surface area contributed by atoms with Crippen molar-refractivity contribution < 1.29 is 21.9 Å². The maximum atomic E-state index is 13.4. The van der Waals surface area contributed by atoms with Gasteiger partial charge in [-0.2, -0.15) is 0 Å². The summed E-state index contributed by atoms with van der Waals surface area (Å²) in [7, 11) is -1.90. The highest BCUT2D eigenvalue weighted by Crippen LogP contribution is 2.15. The first-order valence-corrected chi connectivity index (χ1v) is 11.0. The molecule has 0 aromatic heterocycles. The predicted octanol–water partition coefficient (Wildman–Crippen LogP) is 2.30. The van der Waals surface area contributed by atoms with Gasteiger partial charge in [0.2, 0.25) is 10.0 Å². The molecule has 1 fully saturated rings. The van der Waals surface area contributed by atoms with Crippen molar-refractivity contribution in [2.75, 3.05) is 32.5 Å². The molecule has 2 rings (SSSR count). The van der Waals surface area contributed by atoms with Gasteiger partial charge in [-0.1, -0.05) is 6.07 Å². The second-order valence-electron chi connectivity index (χ2n) is 6.69. The molecule has 0 spiro atoms. The van der Waals surface area contributed by atoms with Gasteiger partial charge in [0.05, 0.1) is 17.9 Å². The Morgan fingerprint density at radius 1 is 1.31 bits per heavy atom. The summed E-state index contributed by atoms with van der Waals surface area (Å²) in [5, 5.41) is 5.92. The molecular formula is C18H29F2IN4O3S. The van der Waals surface area contributed by atoms with Gasteiger partial charge in [-0.15, -0.1) is 24.0 Å². The van der Waals surface area contributed by atoms with Crippen LogP contribution < -0.4 is 15.4 Å². The molecule has 11 heteroatoms. The van der Waals surface area contributed by atoms with Crippen LogP contribution in [-0.2, 0) is 14.8 Å². The monoisotopic (exact) mass is 546 g/mol. The highest BCUT2D eigenvalue weighted by Gasteiger charge is 2.18. The number of rotatable bonds is 8. The number of aliphatic imine (C=N–C) groups is 1. The Labute approximate surface area is 188 Å². The molecule has 1 heterocycles. The topological polar surface area (TPSA) is 91.8 Å². The number of guanidine groups is 1. The average molecular weight is 546 g/mol. The van der Waals surface area contributed by atoms with Crippen LogP contribution in [0.4, 0.5) is 8.78 Å². The summed E-state index contributed by atoms with van der Waals surface area (Å²) in [6, 6.07) is 3.31. The van der Waals surface area contributed by atoms with Crippen molar-refractivity contribution in [3.05, 3.63) is 35.4 Å². The van der Waals surface area contributed by atoms with E-state index in [1.807, 2.05) is 0 Å². The summed E-state index contributed by atoms with van der Waals surface area (Å²) in [5.74, 6) is -1.59. The van der Waals surface area contributed by atoms with E-state index in [0.717, 1.165) is 31.4 Å². The Morgan fingerprint density at radius 2 is 2.07 bits per heavy atom. The van der Waals surface area contributed by atoms with Crippen LogP contribution in [0.15, 0.2) is 23.2 Å². The van der Waals surface area contributed by atoms with Gasteiger partial charge in [-0.05, 0) is 43.9 Å². The van der Waals surface area contributed by atoms with Crippen LogP contribution in [0.25, 0.3) is 0 Å². The number of nitrogens with one attached hydrogen (secondary N) is 3. The smallest absolute Gasteiger partial charge is 0.213 e. The number of sulfonamides is 1. The number of halogens is 3. The fourth-order valence-corrected chi connectivity index (χ4v) is 3.78. The highest BCUT2D eigenvalue weighted by atomic mass is 127. The molecule has 0 amide bonds. The minimum absolute atomic E-state index is 0. The van der Waals surface area contributed by atoms with Crippen LogP contribution in [0, 0.1) is 11.6 Å². The first-order valence-electron chi connectivity index (χ1n) is 9.32. The van der Waals surface area contributed by atoms with Crippen LogP contribution in [0.2, 0.25) is 0 Å². The van der Waals surface area contributed by atoms with Gasteiger partial charge in [0.25, 0.3) is 0 Å². The van der Waals surface area contributed by atoms with E-state index in [1.165, 1.54) is 6.07 Å². The zero-order valence-corrected chi connectivity index (χ0v) is 19.7. The normalized spacial score (nSPS) is 18.6. The van der Waals surface area contributed by atoms with E-state index in [2.05, 4.69) is 20.3 Å². The second kappa shape index (κ2) is 12.6. The van der Waals surface area contributed by atoms with Gasteiger partial charge in [-0.3, -0.25) is 4.99 Å². The molecular weight excluding hydrogens is 517 g/mol. The predicted molar refractivity (Wildman–Crippen MR) is 120 cm³/mol. The maximum absolute atomic E-state index is 13.4. The third kappa shape index (κ3) is 9.09. The third-order valence-electron chi connectivity index (χ3n) is 4.49. The third-order valence-corrected chi connectivity index (χ3v) is 5.84. The van der Waals surface area contributed by atoms with Crippen LogP contribution in [0.3, 0.4) is 0 Å². The van der Waals surface area contributed by atoms with Crippen LogP contribution >= 0.6 is 24.0 Å². The number of hydrogen-bond acceptors (Lipinski definition) is 4. The lowest BCUT2D eigenvalue weighted by Gasteiger charge is -2.22. The van der Waals surface area contributed by atoms with Gasteiger partial charge in [0.15, 0.2) is 17.6 Å². The summed E-state index contributed by atoms with van der Waals surface area (Å²) in [4.78, 5) is 4.02. The van der Waals surface area contributed by atoms with Crippen molar-refractivity contribution in [2.45, 2.75) is 38.3 Å². The lowest BCUT2D eigenvalue weighted by molar-refractivity contribution is 0.0200. The number of ether oxygens (including phenoxy) is 1. The van der Waals surface area contributed by atoms with Crippen LogP contribution in [-0.4, -0.2) is 53.0 Å². The van der Waals surface area contributed by atoms with Crippen molar-refractivity contribution >= 4 is 40.0 Å². The van der Waals surface area contributed by atoms with Gasteiger partial charge in [0.1, 0.15) is 0 Å². The number of benzene rings is 1. The Balaban J connectivity index is 0.00000420. The molecule has 1 aromatic carbocycles. The van der Waals surface area contributed by atoms with E-state index in [9.17, 15) is 17.2 Å². The van der Waals surface area contributed by atoms with E-state index in [1.54, 1.807) is 14.0 Å². The van der Waals surface area contributed by atoms with Crippen molar-refractivity contribution in [3.8, 4) is 0 Å². The molecule has 0 radical (unpaired) electrons. The molecule has 2 atom stereocenters. The summed E-state index contributed by atoms with van der Waals surface area (Å²) >= 11 is 0. The summed E-state index contributed by atoms with van der Waals surface area (Å²) in [6.45, 7) is 2.86. The van der Waals surface area contributed by atoms with Gasteiger partial charge < -0.3 is 15.4 Å². The molecule has 1 aliphatic rings. The van der Waals surface area contributed by atoms with E-state index in [4.69, 9.17) is 4.74 Å². The first kappa shape index (κ1) is 26.0. The molecule has 0 aliphatic carbocycles. The Kier molecular flexibility index (Phi) is 11.3. The fraction of sp³-hybridized carbons (Fsp3) is 0.611. The molecule has 166 valence electrons. The highest BCUT2D eigenvalue weighted by molar-refractivity contribution is 14.0. The summed E-state index contributed by atoms with van der Waals surface area (Å²) < 4.78 is 58.7. The lowest BCUT2D eigenvalue weighted by atomic mass is 10.1. The summed E-state index contributed by atoms with van der Waals surface area (Å²) in [5.41, 5.74) is 0.545. The molecule has 1 aliphatic heterocycles. The van der Waals surface area contributed by atoms with Crippen molar-refractivity contribution in [1.29, 1.82) is 0 Å². The Bertz CT molecular complexity index is 774. The first-order chi connectivity index (χ1) is 13.3. The molecule has 0 bridgehead atoms. The SMILES string of the molecule is CN=C(NCCS(=O)(=O)NCC1CCCCO1)NC(C)c1ccc(F)c(F)c1.I. The zero-order chi connectivity index (χ0) is 20.6. The second-order valence-corrected chi connectivity index (χ2v) is 8.62. The number of hydrogen-bond donors (Lipinski definition) is 3. The van der Waals surface area contributed by atoms with Crippen LogP contribution in [0.1, 0.15) is 37.8 Å². The summed E-state index contributed by atoms with van der Waals surface area (Å²) in [6.07, 6.45) is 2.86. The minimum Gasteiger partial charge on any atom is -0.377 e. The largest absolute Gasteiger partial charge is 0.377 e. The minimum atomic E-state index is -3.44. The van der Waals surface area contributed by atoms with E-state index >= 15 is 0 Å². The van der Waals surface area contributed by atoms with Crippen molar-refractivity contribution in [3.63, 3.8) is 0 Å². The molecule has 3 N–H and O–H groups in total. The van der Waals surface area contributed by atoms with Gasteiger partial charge >= 0.3 is 0 Å². The molecule has 2 unspecified atom stereocenters. The fourth-order valence-electron chi connectivity index (χ4n) is 2.83. The molecule has 0 saturated carbocycles. The molecule has 29 heavy (non-hydrogen) atoms. The number of nitrogens with zero attached hydrogens (tertiary/aromatic N) is 1. The molecule has 7 nitrogen and oxygen atoms in total. The average Bonchev–Trinajstić information content (AvgIpc) is 2.68. The van der Waals surface area contributed by atoms with Gasteiger partial charge in [-0.25, -0.2) is 21.9 Å². The quantitative estimate of drug-likeness (QED) is 0.265. The standard InChI is InChI=1S/C18H28F2N4O3S.HI/c1-13(14-6-7-16(19)17(20)11-14)24-18(21-2)22-8-10-28(25,26)23-12-15-5-3-4-9-27-15;/h6-7,11,13,15,23H,3-5,8-10,12H2,1-2H3,(H2,21,22,24);1H. The maximum Gasteiger partial charge on any atom is 0.213 e. The van der Waals surface area contributed by atoms with E-state index in [0.29, 0.717) is 18.1 Å². The van der Waals surface area contributed by atoms with Gasteiger partial charge in [0, 0.05) is 26.7 Å². The zero-order valence-electron chi connectivity index (χ0n) is 16.6. The Morgan fingerprint density at radius 3 is 2.69 bits per heavy atom. The van der Waals surface area contributed by atoms with Crippen LogP contribution in [0.5, 0.6) is 0 Å². The van der Waals surface area contributed by atoms with Crippen molar-refractivity contribution in [1.82, 2.24) is 15.4 Å². The van der Waals surface area contributed by atoms with Crippen molar-refractivity contribution in [2.24, 2.45) is 4.99 Å². The van der Waals surface area contributed by atoms with E-state index in [-0.39, 0.29) is 55.0 Å². The lowest BCUT2D eigenvalue weighted by Crippen LogP contribution is -2.43. The molecule has 1 aromatic rings.